The zero-order valence-electron chi connectivity index (χ0n) is 11.1. The predicted molar refractivity (Wildman–Crippen MR) is 77.2 cm³/mol. The van der Waals surface area contributed by atoms with E-state index in [1.807, 2.05) is 0 Å². The van der Waals surface area contributed by atoms with Crippen LogP contribution >= 0.6 is 11.8 Å². The van der Waals surface area contributed by atoms with Crippen molar-refractivity contribution in [2.45, 2.75) is 11.3 Å². The lowest BCUT2D eigenvalue weighted by Gasteiger charge is -2.08. The number of thioether (sulfide) groups is 1. The highest BCUT2D eigenvalue weighted by Gasteiger charge is 2.15. The summed E-state index contributed by atoms with van der Waals surface area (Å²) in [6, 6.07) is 3.50. The van der Waals surface area contributed by atoms with Gasteiger partial charge in [0.15, 0.2) is 11.6 Å². The van der Waals surface area contributed by atoms with Crippen molar-refractivity contribution in [3.05, 3.63) is 24.0 Å². The maximum absolute atomic E-state index is 13.5. The summed E-state index contributed by atoms with van der Waals surface area (Å²) in [6.45, 7) is 0.385. The summed E-state index contributed by atoms with van der Waals surface area (Å²) in [5.74, 6) is 0.656. The Morgan fingerprint density at radius 3 is 2.75 bits per heavy atom. The Morgan fingerprint density at radius 1 is 1.40 bits per heavy atom. The molecule has 0 bridgehead atoms. The molecule has 1 aromatic carbocycles. The molecule has 0 fully saturated rings. The first-order chi connectivity index (χ1) is 9.51. The minimum Gasteiger partial charge on any atom is -0.494 e. The zero-order chi connectivity index (χ0) is 15.0. The molecule has 0 amide bonds. The second-order valence-electron chi connectivity index (χ2n) is 3.88. The molecule has 0 aliphatic carbocycles. The molecule has 114 valence electrons. The van der Waals surface area contributed by atoms with Gasteiger partial charge in [0, 0.05) is 18.9 Å². The van der Waals surface area contributed by atoms with Crippen molar-refractivity contribution in [2.75, 3.05) is 31.8 Å². The monoisotopic (exact) mass is 323 g/mol. The maximum Gasteiger partial charge on any atom is 0.240 e. The number of nitrogens with one attached hydrogen (secondary N) is 1. The molecule has 0 aliphatic rings. The van der Waals surface area contributed by atoms with E-state index in [9.17, 15) is 12.8 Å². The highest BCUT2D eigenvalue weighted by molar-refractivity contribution is 7.99. The molecule has 2 N–H and O–H groups in total. The lowest BCUT2D eigenvalue weighted by atomic mass is 10.3. The van der Waals surface area contributed by atoms with E-state index < -0.39 is 15.8 Å². The van der Waals surface area contributed by atoms with Crippen LogP contribution in [0.15, 0.2) is 23.1 Å². The van der Waals surface area contributed by atoms with Crippen LogP contribution in [-0.4, -0.2) is 45.3 Å². The molecule has 0 spiro atoms. The fourth-order valence-corrected chi connectivity index (χ4v) is 3.37. The van der Waals surface area contributed by atoms with Crippen LogP contribution in [-0.2, 0) is 10.0 Å². The predicted octanol–water partition coefficient (Wildman–Crippen LogP) is 1.23. The fourth-order valence-electron chi connectivity index (χ4n) is 1.41. The van der Waals surface area contributed by atoms with Crippen molar-refractivity contribution >= 4 is 21.8 Å². The highest BCUT2D eigenvalue weighted by Crippen LogP contribution is 2.20. The molecule has 8 heteroatoms. The second-order valence-corrected chi connectivity index (χ2v) is 6.88. The van der Waals surface area contributed by atoms with Gasteiger partial charge in [0.05, 0.1) is 12.0 Å². The summed E-state index contributed by atoms with van der Waals surface area (Å²) in [5, 5.41) is 8.60. The van der Waals surface area contributed by atoms with E-state index in [0.29, 0.717) is 12.2 Å². The first-order valence-electron chi connectivity index (χ1n) is 6.03. The molecule has 0 aromatic heterocycles. The average Bonchev–Trinajstić information content (AvgIpc) is 2.42. The third-order valence-electron chi connectivity index (χ3n) is 2.42. The fraction of sp³-hybridized carbons (Fsp3) is 0.500. The number of hydrogen-bond acceptors (Lipinski definition) is 5. The molecule has 0 radical (unpaired) electrons. The number of rotatable bonds is 9. The van der Waals surface area contributed by atoms with Gasteiger partial charge in [-0.15, -0.1) is 0 Å². The average molecular weight is 323 g/mol. The molecule has 5 nitrogen and oxygen atoms in total. The van der Waals surface area contributed by atoms with Gasteiger partial charge in [-0.3, -0.25) is 0 Å². The van der Waals surface area contributed by atoms with Crippen LogP contribution in [0.4, 0.5) is 4.39 Å². The molecule has 0 saturated heterocycles. The molecule has 0 saturated carbocycles. The van der Waals surface area contributed by atoms with Crippen LogP contribution in [0, 0.1) is 5.82 Å². The van der Waals surface area contributed by atoms with Crippen molar-refractivity contribution in [1.29, 1.82) is 0 Å². The van der Waals surface area contributed by atoms with Gasteiger partial charge in [-0.05, 0) is 30.4 Å². The summed E-state index contributed by atoms with van der Waals surface area (Å²) in [7, 11) is -2.39. The normalized spacial score (nSPS) is 11.6. The molecular weight excluding hydrogens is 305 g/mol. The van der Waals surface area contributed by atoms with E-state index in [1.165, 1.54) is 19.2 Å². The molecule has 0 unspecified atom stereocenters. The van der Waals surface area contributed by atoms with Crippen LogP contribution in [0.3, 0.4) is 0 Å². The molecule has 1 aromatic rings. The Labute approximate surface area is 122 Å². The van der Waals surface area contributed by atoms with Crippen LogP contribution in [0.5, 0.6) is 5.75 Å². The first kappa shape index (κ1) is 17.2. The number of ether oxygens (including phenoxy) is 1. The smallest absolute Gasteiger partial charge is 0.240 e. The van der Waals surface area contributed by atoms with Gasteiger partial charge in [-0.25, -0.2) is 17.5 Å². The van der Waals surface area contributed by atoms with E-state index >= 15 is 0 Å². The summed E-state index contributed by atoms with van der Waals surface area (Å²) in [5.41, 5.74) is 0. The quantitative estimate of drug-likeness (QED) is 0.669. The third-order valence-corrected chi connectivity index (χ3v) is 4.95. The van der Waals surface area contributed by atoms with Gasteiger partial charge in [0.1, 0.15) is 0 Å². The molecule has 0 aliphatic heterocycles. The first-order valence-corrected chi connectivity index (χ1v) is 8.67. The Balaban J connectivity index is 2.54. The number of sulfonamides is 1. The van der Waals surface area contributed by atoms with Gasteiger partial charge in [0.25, 0.3) is 0 Å². The van der Waals surface area contributed by atoms with Gasteiger partial charge >= 0.3 is 0 Å². The van der Waals surface area contributed by atoms with E-state index in [0.717, 1.165) is 11.8 Å². The minimum absolute atomic E-state index is 0.00325. The van der Waals surface area contributed by atoms with E-state index in [2.05, 4.69) is 4.72 Å². The molecule has 20 heavy (non-hydrogen) atoms. The van der Waals surface area contributed by atoms with Crippen LogP contribution in [0.2, 0.25) is 0 Å². The second kappa shape index (κ2) is 8.46. The largest absolute Gasteiger partial charge is 0.494 e. The molecular formula is C12H18FNO4S2. The van der Waals surface area contributed by atoms with E-state index in [4.69, 9.17) is 9.84 Å². The number of benzene rings is 1. The summed E-state index contributed by atoms with van der Waals surface area (Å²) >= 11 is 1.54. The number of aliphatic hydroxyl groups is 1. The van der Waals surface area contributed by atoms with Crippen molar-refractivity contribution in [3.8, 4) is 5.75 Å². The van der Waals surface area contributed by atoms with Gasteiger partial charge < -0.3 is 9.84 Å². The minimum atomic E-state index is -3.71. The van der Waals surface area contributed by atoms with Gasteiger partial charge in [-0.2, -0.15) is 11.8 Å². The van der Waals surface area contributed by atoms with E-state index in [1.54, 1.807) is 11.8 Å². The lowest BCUT2D eigenvalue weighted by molar-refractivity contribution is 0.296. The molecule has 1 rings (SSSR count). The SMILES string of the molecule is COc1ccc(S(=O)(=O)NCCSCCCO)cc1F. The summed E-state index contributed by atoms with van der Waals surface area (Å²) in [6.07, 6.45) is 0.682. The molecule has 0 atom stereocenters. The Kier molecular flexibility index (Phi) is 7.28. The van der Waals surface area contributed by atoms with Crippen LogP contribution < -0.4 is 9.46 Å². The van der Waals surface area contributed by atoms with E-state index in [-0.39, 0.29) is 23.8 Å². The summed E-state index contributed by atoms with van der Waals surface area (Å²) < 4.78 is 44.4. The number of methoxy groups -OCH3 is 1. The highest BCUT2D eigenvalue weighted by atomic mass is 32.2. The zero-order valence-corrected chi connectivity index (χ0v) is 12.8. The molecule has 0 heterocycles. The number of halogens is 1. The lowest BCUT2D eigenvalue weighted by Crippen LogP contribution is -2.26. The van der Waals surface area contributed by atoms with Crippen LogP contribution in [0.1, 0.15) is 6.42 Å². The standard InChI is InChI=1S/C12H18FNO4S2/c1-18-12-4-3-10(9-11(12)13)20(16,17)14-5-8-19-7-2-6-15/h3-4,9,14-15H,2,5-8H2,1H3. The van der Waals surface area contributed by atoms with Gasteiger partial charge in [0.2, 0.25) is 10.0 Å². The van der Waals surface area contributed by atoms with Crippen molar-refractivity contribution in [2.24, 2.45) is 0 Å². The van der Waals surface area contributed by atoms with Crippen molar-refractivity contribution in [3.63, 3.8) is 0 Å². The maximum atomic E-state index is 13.5. The van der Waals surface area contributed by atoms with Crippen LogP contribution in [0.25, 0.3) is 0 Å². The Bertz CT molecular complexity index is 522. The Morgan fingerprint density at radius 2 is 2.15 bits per heavy atom. The third kappa shape index (κ3) is 5.28. The van der Waals surface area contributed by atoms with Crippen molar-refractivity contribution < 1.29 is 22.7 Å². The van der Waals surface area contributed by atoms with Gasteiger partial charge in [-0.1, -0.05) is 0 Å². The topological polar surface area (TPSA) is 75.6 Å². The Hall–Kier alpha value is -0.830. The van der Waals surface area contributed by atoms with Crippen molar-refractivity contribution in [1.82, 2.24) is 4.72 Å². The summed E-state index contributed by atoms with van der Waals surface area (Å²) in [4.78, 5) is -0.129. The number of aliphatic hydroxyl groups excluding tert-OH is 1. The number of hydrogen-bond donors (Lipinski definition) is 2.